The monoisotopic (exact) mass is 412 g/mol. The van der Waals surface area contributed by atoms with Gasteiger partial charge in [0.15, 0.2) is 16.6 Å². The summed E-state index contributed by atoms with van der Waals surface area (Å²) in [6.45, 7) is 4.12. The van der Waals surface area contributed by atoms with Gasteiger partial charge >= 0.3 is 0 Å². The number of aromatic nitrogens is 1. The molecule has 1 heterocycles. The van der Waals surface area contributed by atoms with Crippen molar-refractivity contribution in [1.29, 1.82) is 0 Å². The van der Waals surface area contributed by atoms with Gasteiger partial charge < -0.3 is 19.5 Å². The molecule has 29 heavy (non-hydrogen) atoms. The summed E-state index contributed by atoms with van der Waals surface area (Å²) in [5, 5.41) is 5.39. The lowest BCUT2D eigenvalue weighted by atomic mass is 10.0. The van der Waals surface area contributed by atoms with Crippen molar-refractivity contribution in [2.45, 2.75) is 20.3 Å². The highest BCUT2D eigenvalue weighted by atomic mass is 32.1. The third-order valence-electron chi connectivity index (χ3n) is 4.50. The van der Waals surface area contributed by atoms with Crippen LogP contribution in [0.5, 0.6) is 17.2 Å². The number of aryl methyl sites for hydroxylation is 2. The summed E-state index contributed by atoms with van der Waals surface area (Å²) in [6, 6.07) is 9.77. The number of methoxy groups -OCH3 is 3. The van der Waals surface area contributed by atoms with Crippen LogP contribution in [-0.2, 0) is 11.2 Å². The van der Waals surface area contributed by atoms with Gasteiger partial charge in [0.2, 0.25) is 11.7 Å². The second kappa shape index (κ2) is 8.96. The first-order valence-corrected chi connectivity index (χ1v) is 9.95. The van der Waals surface area contributed by atoms with E-state index in [0.717, 1.165) is 22.4 Å². The summed E-state index contributed by atoms with van der Waals surface area (Å²) in [5.41, 5.74) is 5.04. The molecule has 0 saturated carbocycles. The molecule has 6 nitrogen and oxygen atoms in total. The number of carbonyl (C=O) groups is 1. The van der Waals surface area contributed by atoms with Crippen LogP contribution >= 0.6 is 11.3 Å². The quantitative estimate of drug-likeness (QED) is 0.612. The molecule has 0 spiro atoms. The van der Waals surface area contributed by atoms with Crippen LogP contribution in [0.2, 0.25) is 0 Å². The van der Waals surface area contributed by atoms with Crippen molar-refractivity contribution in [1.82, 2.24) is 4.98 Å². The zero-order valence-corrected chi connectivity index (χ0v) is 18.0. The summed E-state index contributed by atoms with van der Waals surface area (Å²) in [4.78, 5) is 17.1. The lowest BCUT2D eigenvalue weighted by Crippen LogP contribution is -2.14. The molecule has 0 saturated heterocycles. The van der Waals surface area contributed by atoms with Crippen molar-refractivity contribution in [3.05, 3.63) is 52.4 Å². The highest BCUT2D eigenvalue weighted by Gasteiger charge is 2.16. The summed E-state index contributed by atoms with van der Waals surface area (Å²) in [6.07, 6.45) is 0.162. The van der Waals surface area contributed by atoms with Crippen LogP contribution in [0.4, 0.5) is 5.13 Å². The van der Waals surface area contributed by atoms with E-state index >= 15 is 0 Å². The maximum atomic E-state index is 12.5. The van der Waals surface area contributed by atoms with E-state index in [1.54, 1.807) is 33.5 Å². The maximum Gasteiger partial charge on any atom is 0.230 e. The van der Waals surface area contributed by atoms with Gasteiger partial charge in [-0.3, -0.25) is 4.79 Å². The summed E-state index contributed by atoms with van der Waals surface area (Å²) in [7, 11) is 4.64. The maximum absolute atomic E-state index is 12.5. The van der Waals surface area contributed by atoms with E-state index in [1.165, 1.54) is 16.9 Å². The molecule has 0 fully saturated rings. The van der Waals surface area contributed by atoms with Gasteiger partial charge in [-0.15, -0.1) is 11.3 Å². The van der Waals surface area contributed by atoms with Gasteiger partial charge in [0.05, 0.1) is 33.4 Å². The summed E-state index contributed by atoms with van der Waals surface area (Å²) in [5.74, 6) is 1.36. The smallest absolute Gasteiger partial charge is 0.230 e. The molecule has 7 heteroatoms. The molecule has 0 bridgehead atoms. The molecule has 0 unspecified atom stereocenters. The molecule has 0 aliphatic carbocycles. The van der Waals surface area contributed by atoms with Gasteiger partial charge in [-0.1, -0.05) is 23.8 Å². The number of hydrogen-bond donors (Lipinski definition) is 1. The van der Waals surface area contributed by atoms with Crippen LogP contribution in [0.1, 0.15) is 16.7 Å². The Labute approximate surface area is 174 Å². The van der Waals surface area contributed by atoms with E-state index in [4.69, 9.17) is 14.2 Å². The lowest BCUT2D eigenvalue weighted by Gasteiger charge is -2.13. The lowest BCUT2D eigenvalue weighted by molar-refractivity contribution is -0.115. The Morgan fingerprint density at radius 1 is 1.03 bits per heavy atom. The molecular formula is C22H24N2O4S. The Morgan fingerprint density at radius 2 is 1.72 bits per heavy atom. The van der Waals surface area contributed by atoms with Gasteiger partial charge in [0, 0.05) is 10.9 Å². The molecule has 1 N–H and O–H groups in total. The molecule has 152 valence electrons. The molecule has 0 aliphatic heterocycles. The van der Waals surface area contributed by atoms with Crippen molar-refractivity contribution in [3.8, 4) is 28.5 Å². The van der Waals surface area contributed by atoms with E-state index in [1.807, 2.05) is 5.38 Å². The number of hydrogen-bond acceptors (Lipinski definition) is 6. The minimum Gasteiger partial charge on any atom is -0.493 e. The van der Waals surface area contributed by atoms with Gasteiger partial charge in [0.25, 0.3) is 0 Å². The van der Waals surface area contributed by atoms with E-state index in [-0.39, 0.29) is 12.3 Å². The Hall–Kier alpha value is -3.06. The number of benzene rings is 2. The first kappa shape index (κ1) is 20.7. The third kappa shape index (κ3) is 4.68. The SMILES string of the molecule is COc1cc(CC(=O)Nc2nc(-c3ccc(C)cc3C)cs2)cc(OC)c1OC. The number of anilines is 1. The molecule has 3 aromatic rings. The molecule has 3 rings (SSSR count). The predicted molar refractivity (Wildman–Crippen MR) is 115 cm³/mol. The number of thiazole rings is 1. The fourth-order valence-corrected chi connectivity index (χ4v) is 3.87. The van der Waals surface area contributed by atoms with Crippen molar-refractivity contribution >= 4 is 22.4 Å². The summed E-state index contributed by atoms with van der Waals surface area (Å²) < 4.78 is 16.0. The number of carbonyl (C=O) groups excluding carboxylic acids is 1. The van der Waals surface area contributed by atoms with Gasteiger partial charge in [-0.2, -0.15) is 0 Å². The standard InChI is InChI=1S/C22H24N2O4S/c1-13-6-7-16(14(2)8-13)17-12-29-22(23-17)24-20(25)11-15-9-18(26-3)21(28-5)19(10-15)27-4/h6-10,12H,11H2,1-5H3,(H,23,24,25). The van der Waals surface area contributed by atoms with Crippen LogP contribution in [0.15, 0.2) is 35.7 Å². The fourth-order valence-electron chi connectivity index (χ4n) is 3.14. The zero-order chi connectivity index (χ0) is 21.0. The van der Waals surface area contributed by atoms with E-state index in [0.29, 0.717) is 22.4 Å². The van der Waals surface area contributed by atoms with Crippen LogP contribution in [0, 0.1) is 13.8 Å². The molecule has 1 amide bonds. The molecule has 0 aliphatic rings. The molecule has 2 aromatic carbocycles. The Morgan fingerprint density at radius 3 is 2.31 bits per heavy atom. The summed E-state index contributed by atoms with van der Waals surface area (Å²) >= 11 is 1.41. The third-order valence-corrected chi connectivity index (χ3v) is 5.26. The number of nitrogens with zero attached hydrogens (tertiary/aromatic N) is 1. The van der Waals surface area contributed by atoms with Crippen molar-refractivity contribution in [2.24, 2.45) is 0 Å². The van der Waals surface area contributed by atoms with Crippen LogP contribution in [-0.4, -0.2) is 32.2 Å². The van der Waals surface area contributed by atoms with Crippen molar-refractivity contribution < 1.29 is 19.0 Å². The van der Waals surface area contributed by atoms with Gasteiger partial charge in [-0.25, -0.2) is 4.98 Å². The largest absolute Gasteiger partial charge is 0.493 e. The van der Waals surface area contributed by atoms with Crippen LogP contribution < -0.4 is 19.5 Å². The Kier molecular flexibility index (Phi) is 6.39. The minimum atomic E-state index is -0.166. The van der Waals surface area contributed by atoms with Gasteiger partial charge in [-0.05, 0) is 37.1 Å². The predicted octanol–water partition coefficient (Wildman–Crippen LogP) is 4.63. The Bertz CT molecular complexity index is 1000. The number of amides is 1. The second-order valence-corrected chi connectivity index (χ2v) is 7.47. The van der Waals surface area contributed by atoms with Crippen molar-refractivity contribution in [3.63, 3.8) is 0 Å². The second-order valence-electron chi connectivity index (χ2n) is 6.61. The average molecular weight is 413 g/mol. The Balaban J connectivity index is 1.74. The highest BCUT2D eigenvalue weighted by Crippen LogP contribution is 2.38. The van der Waals surface area contributed by atoms with Gasteiger partial charge in [0.1, 0.15) is 0 Å². The number of ether oxygens (including phenoxy) is 3. The first-order chi connectivity index (χ1) is 13.9. The topological polar surface area (TPSA) is 69.7 Å². The molecule has 1 aromatic heterocycles. The molecule has 0 atom stereocenters. The molecular weight excluding hydrogens is 388 g/mol. The zero-order valence-electron chi connectivity index (χ0n) is 17.2. The van der Waals surface area contributed by atoms with E-state index in [2.05, 4.69) is 42.3 Å². The molecule has 0 radical (unpaired) electrons. The minimum absolute atomic E-state index is 0.162. The average Bonchev–Trinajstić information content (AvgIpc) is 3.14. The van der Waals surface area contributed by atoms with Crippen molar-refractivity contribution in [2.75, 3.05) is 26.6 Å². The normalized spacial score (nSPS) is 10.5. The van der Waals surface area contributed by atoms with Crippen LogP contribution in [0.3, 0.4) is 0 Å². The number of rotatable bonds is 7. The first-order valence-electron chi connectivity index (χ1n) is 9.07. The fraction of sp³-hybridized carbons (Fsp3) is 0.273. The number of nitrogens with one attached hydrogen (secondary N) is 1. The van der Waals surface area contributed by atoms with Crippen LogP contribution in [0.25, 0.3) is 11.3 Å². The van der Waals surface area contributed by atoms with E-state index < -0.39 is 0 Å². The highest BCUT2D eigenvalue weighted by molar-refractivity contribution is 7.14. The van der Waals surface area contributed by atoms with E-state index in [9.17, 15) is 4.79 Å².